The van der Waals surface area contributed by atoms with Gasteiger partial charge in [0.1, 0.15) is 5.60 Å². The van der Waals surface area contributed by atoms with Gasteiger partial charge in [0.15, 0.2) is 11.5 Å². The molecule has 1 aromatic rings. The Morgan fingerprint density at radius 3 is 2.38 bits per heavy atom. The highest BCUT2D eigenvalue weighted by molar-refractivity contribution is 5.85. The number of hydrogen-bond donors (Lipinski definition) is 3. The minimum atomic E-state index is -0.613. The van der Waals surface area contributed by atoms with Crippen LogP contribution >= 0.6 is 0 Å². The molecule has 0 radical (unpaired) electrons. The molecule has 0 spiro atoms. The summed E-state index contributed by atoms with van der Waals surface area (Å²) in [6.07, 6.45) is -0.613. The van der Waals surface area contributed by atoms with Crippen molar-refractivity contribution in [2.45, 2.75) is 26.4 Å². The molecule has 5 nitrogen and oxygen atoms in total. The molecule has 5 heteroatoms. The zero-order valence-corrected chi connectivity index (χ0v) is 9.44. The molecule has 16 heavy (non-hydrogen) atoms. The number of nitrogens with one attached hydrogen (secondary N) is 1. The lowest BCUT2D eigenvalue weighted by Crippen LogP contribution is -2.27. The van der Waals surface area contributed by atoms with Gasteiger partial charge in [-0.25, -0.2) is 4.79 Å². The van der Waals surface area contributed by atoms with Gasteiger partial charge in [-0.05, 0) is 32.9 Å². The fourth-order valence-electron chi connectivity index (χ4n) is 1.02. The van der Waals surface area contributed by atoms with Crippen molar-refractivity contribution in [3.05, 3.63) is 18.2 Å². The molecular formula is C11H15NO4. The molecule has 0 aliphatic rings. The fourth-order valence-corrected chi connectivity index (χ4v) is 1.02. The molecule has 88 valence electrons. The van der Waals surface area contributed by atoms with Crippen molar-refractivity contribution < 1.29 is 19.7 Å². The van der Waals surface area contributed by atoms with Gasteiger partial charge in [0.25, 0.3) is 0 Å². The Labute approximate surface area is 93.7 Å². The Kier molecular flexibility index (Phi) is 3.27. The van der Waals surface area contributed by atoms with Crippen molar-refractivity contribution in [2.75, 3.05) is 5.32 Å². The Balaban J connectivity index is 2.67. The summed E-state index contributed by atoms with van der Waals surface area (Å²) in [6, 6.07) is 3.97. The zero-order chi connectivity index (χ0) is 12.3. The second-order valence-corrected chi connectivity index (χ2v) is 4.33. The Hall–Kier alpha value is -1.91. The van der Waals surface area contributed by atoms with Gasteiger partial charge in [0.2, 0.25) is 0 Å². The van der Waals surface area contributed by atoms with Crippen molar-refractivity contribution >= 4 is 11.8 Å². The lowest BCUT2D eigenvalue weighted by atomic mass is 10.2. The van der Waals surface area contributed by atoms with E-state index in [2.05, 4.69) is 5.32 Å². The first-order chi connectivity index (χ1) is 7.28. The van der Waals surface area contributed by atoms with Crippen molar-refractivity contribution in [2.24, 2.45) is 0 Å². The van der Waals surface area contributed by atoms with Crippen LogP contribution in [0.3, 0.4) is 0 Å². The van der Waals surface area contributed by atoms with E-state index in [1.165, 1.54) is 18.2 Å². The predicted octanol–water partition coefficient (Wildman–Crippen LogP) is 2.44. The first-order valence-corrected chi connectivity index (χ1v) is 4.80. The smallest absolute Gasteiger partial charge is 0.412 e. The number of amides is 1. The first-order valence-electron chi connectivity index (χ1n) is 4.80. The van der Waals surface area contributed by atoms with Crippen LogP contribution in [0.4, 0.5) is 10.5 Å². The number of rotatable bonds is 1. The van der Waals surface area contributed by atoms with Crippen LogP contribution in [0.15, 0.2) is 18.2 Å². The standard InChI is InChI=1S/C11H15NO4/c1-11(2,3)16-10(15)12-7-4-5-8(13)9(14)6-7/h4-6,13-14H,1-3H3,(H,12,15). The summed E-state index contributed by atoms with van der Waals surface area (Å²) in [5.41, 5.74) is -0.229. The average molecular weight is 225 g/mol. The van der Waals surface area contributed by atoms with E-state index in [9.17, 15) is 9.90 Å². The second kappa shape index (κ2) is 4.30. The van der Waals surface area contributed by atoms with E-state index in [-0.39, 0.29) is 11.5 Å². The van der Waals surface area contributed by atoms with Crippen molar-refractivity contribution in [1.82, 2.24) is 0 Å². The number of phenols is 2. The van der Waals surface area contributed by atoms with Gasteiger partial charge >= 0.3 is 6.09 Å². The molecule has 0 unspecified atom stereocenters. The number of benzene rings is 1. The van der Waals surface area contributed by atoms with Crippen LogP contribution < -0.4 is 5.32 Å². The van der Waals surface area contributed by atoms with E-state index in [0.29, 0.717) is 5.69 Å². The maximum Gasteiger partial charge on any atom is 0.412 e. The van der Waals surface area contributed by atoms with Crippen LogP contribution in [0.25, 0.3) is 0 Å². The summed E-state index contributed by atoms with van der Waals surface area (Å²) >= 11 is 0. The summed E-state index contributed by atoms with van der Waals surface area (Å²) in [4.78, 5) is 11.3. The molecule has 0 aliphatic carbocycles. The molecule has 1 aromatic carbocycles. The third kappa shape index (κ3) is 3.68. The maximum absolute atomic E-state index is 11.3. The summed E-state index contributed by atoms with van der Waals surface area (Å²) in [5.74, 6) is -0.539. The molecule has 0 heterocycles. The maximum atomic E-state index is 11.3. The largest absolute Gasteiger partial charge is 0.504 e. The van der Waals surface area contributed by atoms with Crippen molar-refractivity contribution in [1.29, 1.82) is 0 Å². The van der Waals surface area contributed by atoms with E-state index in [0.717, 1.165) is 0 Å². The minimum Gasteiger partial charge on any atom is -0.504 e. The van der Waals surface area contributed by atoms with Crippen LogP contribution in [0.5, 0.6) is 11.5 Å². The molecule has 0 aliphatic heterocycles. The topological polar surface area (TPSA) is 78.8 Å². The monoisotopic (exact) mass is 225 g/mol. The van der Waals surface area contributed by atoms with Gasteiger partial charge in [-0.2, -0.15) is 0 Å². The Morgan fingerprint density at radius 2 is 1.88 bits per heavy atom. The van der Waals surface area contributed by atoms with E-state index in [1.54, 1.807) is 20.8 Å². The molecule has 1 amide bonds. The Morgan fingerprint density at radius 1 is 1.25 bits per heavy atom. The second-order valence-electron chi connectivity index (χ2n) is 4.33. The van der Waals surface area contributed by atoms with Crippen LogP contribution in [-0.2, 0) is 4.74 Å². The highest BCUT2D eigenvalue weighted by Crippen LogP contribution is 2.27. The molecule has 0 fully saturated rings. The number of carbonyl (C=O) groups is 1. The first kappa shape index (κ1) is 12.2. The summed E-state index contributed by atoms with van der Waals surface area (Å²) in [6.45, 7) is 5.25. The van der Waals surface area contributed by atoms with Gasteiger partial charge in [0, 0.05) is 11.8 Å². The molecule has 0 saturated carbocycles. The summed E-state index contributed by atoms with van der Waals surface area (Å²) < 4.78 is 5.02. The van der Waals surface area contributed by atoms with Crippen LogP contribution in [0, 0.1) is 0 Å². The Bertz CT molecular complexity index is 395. The van der Waals surface area contributed by atoms with Gasteiger partial charge in [0.05, 0.1) is 0 Å². The van der Waals surface area contributed by atoms with Crippen molar-refractivity contribution in [3.8, 4) is 11.5 Å². The quantitative estimate of drug-likeness (QED) is 0.506. The minimum absolute atomic E-state index is 0.241. The van der Waals surface area contributed by atoms with Gasteiger partial charge in [-0.1, -0.05) is 0 Å². The summed E-state index contributed by atoms with van der Waals surface area (Å²) in [7, 11) is 0. The number of hydrogen-bond acceptors (Lipinski definition) is 4. The average Bonchev–Trinajstić information content (AvgIpc) is 2.08. The van der Waals surface area contributed by atoms with Crippen LogP contribution in [-0.4, -0.2) is 21.9 Å². The third-order valence-corrected chi connectivity index (χ3v) is 1.62. The normalized spacial score (nSPS) is 10.9. The van der Waals surface area contributed by atoms with Crippen molar-refractivity contribution in [3.63, 3.8) is 0 Å². The molecule has 0 saturated heterocycles. The molecule has 0 bridgehead atoms. The molecule has 0 atom stereocenters. The highest BCUT2D eigenvalue weighted by Gasteiger charge is 2.16. The molecule has 0 aromatic heterocycles. The van der Waals surface area contributed by atoms with Crippen LogP contribution in [0.1, 0.15) is 20.8 Å². The van der Waals surface area contributed by atoms with E-state index >= 15 is 0 Å². The van der Waals surface area contributed by atoms with E-state index in [1.807, 2.05) is 0 Å². The zero-order valence-electron chi connectivity index (χ0n) is 9.44. The third-order valence-electron chi connectivity index (χ3n) is 1.62. The van der Waals surface area contributed by atoms with E-state index < -0.39 is 11.7 Å². The predicted molar refractivity (Wildman–Crippen MR) is 59.6 cm³/mol. The SMILES string of the molecule is CC(C)(C)OC(=O)Nc1ccc(O)c(O)c1. The van der Waals surface area contributed by atoms with Gasteiger partial charge < -0.3 is 14.9 Å². The lowest BCUT2D eigenvalue weighted by molar-refractivity contribution is 0.0636. The number of phenolic OH excluding ortho intramolecular Hbond substituents is 2. The number of aromatic hydroxyl groups is 2. The van der Waals surface area contributed by atoms with Gasteiger partial charge in [-0.15, -0.1) is 0 Å². The summed E-state index contributed by atoms with van der Waals surface area (Å²) in [5, 5.41) is 20.7. The number of carbonyl (C=O) groups excluding carboxylic acids is 1. The lowest BCUT2D eigenvalue weighted by Gasteiger charge is -2.19. The van der Waals surface area contributed by atoms with Crippen LogP contribution in [0.2, 0.25) is 0 Å². The highest BCUT2D eigenvalue weighted by atomic mass is 16.6. The number of ether oxygens (including phenoxy) is 1. The molecule has 1 rings (SSSR count). The van der Waals surface area contributed by atoms with E-state index in [4.69, 9.17) is 9.84 Å². The fraction of sp³-hybridized carbons (Fsp3) is 0.364. The van der Waals surface area contributed by atoms with Gasteiger partial charge in [-0.3, -0.25) is 5.32 Å². The molecule has 3 N–H and O–H groups in total. The number of anilines is 1. The molecular weight excluding hydrogens is 210 g/mol.